The zero-order valence-electron chi connectivity index (χ0n) is 18.1. The highest BCUT2D eigenvalue weighted by atomic mass is 32.2. The van der Waals surface area contributed by atoms with Crippen LogP contribution in [-0.4, -0.2) is 17.9 Å². The molecule has 0 unspecified atom stereocenters. The summed E-state index contributed by atoms with van der Waals surface area (Å²) in [5.41, 5.74) is 0. The molecule has 3 rings (SSSR count). The van der Waals surface area contributed by atoms with Crippen molar-refractivity contribution < 1.29 is 28.6 Å². The fourth-order valence-corrected chi connectivity index (χ4v) is 4.85. The van der Waals surface area contributed by atoms with Crippen molar-refractivity contribution in [2.24, 2.45) is 0 Å². The summed E-state index contributed by atoms with van der Waals surface area (Å²) in [6.07, 6.45) is 3.29. The van der Waals surface area contributed by atoms with Gasteiger partial charge in [-0.25, -0.2) is 14.4 Å². The van der Waals surface area contributed by atoms with E-state index < -0.39 is 28.8 Å². The topological polar surface area (TPSA) is 78.9 Å². The van der Waals surface area contributed by atoms with Gasteiger partial charge in [-0.2, -0.15) is 0 Å². The molecule has 6 nitrogen and oxygen atoms in total. The summed E-state index contributed by atoms with van der Waals surface area (Å²) in [5.74, 6) is -0.426. The molecule has 3 aromatic rings. The van der Waals surface area contributed by atoms with E-state index in [0.717, 1.165) is 32.9 Å². The quantitative estimate of drug-likeness (QED) is 0.187. The van der Waals surface area contributed by atoms with Crippen LogP contribution < -0.4 is 14.2 Å². The van der Waals surface area contributed by atoms with E-state index in [1.807, 2.05) is 36.4 Å². The van der Waals surface area contributed by atoms with Crippen LogP contribution in [0.3, 0.4) is 0 Å². The summed E-state index contributed by atoms with van der Waals surface area (Å²) in [6, 6.07) is 21.4. The van der Waals surface area contributed by atoms with E-state index in [0.29, 0.717) is 17.2 Å². The molecule has 7 heteroatoms. The molecule has 0 aliphatic carbocycles. The first-order valence-electron chi connectivity index (χ1n) is 10.0. The molecule has 0 atom stereocenters. The molecule has 0 saturated carbocycles. The molecule has 170 valence electrons. The molecule has 34 heavy (non-hydrogen) atoms. The van der Waals surface area contributed by atoms with Crippen LogP contribution in [0.1, 0.15) is 0 Å². The third-order valence-corrected chi connectivity index (χ3v) is 6.56. The Kier molecular flexibility index (Phi) is 8.21. The monoisotopic (exact) mass is 473 g/mol. The number of hydrogen-bond acceptors (Lipinski definition) is 6. The molecule has 0 N–H and O–H groups in total. The van der Waals surface area contributed by atoms with Crippen molar-refractivity contribution in [3.8, 4) is 17.2 Å². The van der Waals surface area contributed by atoms with Crippen LogP contribution in [0.15, 0.2) is 125 Å². The van der Waals surface area contributed by atoms with Crippen LogP contribution in [0.4, 0.5) is 0 Å². The first kappa shape index (κ1) is 24.3. The summed E-state index contributed by atoms with van der Waals surface area (Å²) in [4.78, 5) is 37.3. The second-order valence-corrected chi connectivity index (χ2v) is 8.62. The maximum absolute atomic E-state index is 11.5. The van der Waals surface area contributed by atoms with Gasteiger partial charge >= 0.3 is 17.9 Å². The van der Waals surface area contributed by atoms with Gasteiger partial charge in [0.2, 0.25) is 0 Å². The van der Waals surface area contributed by atoms with Gasteiger partial charge < -0.3 is 14.2 Å². The van der Waals surface area contributed by atoms with E-state index in [1.54, 1.807) is 36.4 Å². The van der Waals surface area contributed by atoms with Crippen LogP contribution in [0, 0.1) is 0 Å². The highest BCUT2D eigenvalue weighted by Crippen LogP contribution is 2.34. The van der Waals surface area contributed by atoms with Crippen molar-refractivity contribution in [3.05, 3.63) is 111 Å². The van der Waals surface area contributed by atoms with Crippen LogP contribution in [0.2, 0.25) is 0 Å². The number of benzene rings is 3. The minimum Gasteiger partial charge on any atom is -0.423 e. The maximum atomic E-state index is 11.5. The minimum absolute atomic E-state index is 0.399. The molecule has 0 aliphatic rings. The first-order chi connectivity index (χ1) is 16.4. The molecule has 0 fully saturated rings. The lowest BCUT2D eigenvalue weighted by Gasteiger charge is -2.10. The molecule has 0 aliphatic heterocycles. The number of esters is 3. The molecule has 0 radical (unpaired) electrons. The molecular weight excluding hydrogens is 452 g/mol. The molecular formula is C27H21O6S+. The van der Waals surface area contributed by atoms with Gasteiger partial charge in [0.05, 0.1) is 10.9 Å². The molecule has 3 aromatic carbocycles. The van der Waals surface area contributed by atoms with Gasteiger partial charge in [-0.1, -0.05) is 19.7 Å². The van der Waals surface area contributed by atoms with Crippen molar-refractivity contribution in [1.82, 2.24) is 0 Å². The Balaban J connectivity index is 1.96. The van der Waals surface area contributed by atoms with Crippen molar-refractivity contribution in [2.45, 2.75) is 14.7 Å². The zero-order valence-corrected chi connectivity index (χ0v) is 19.0. The number of ether oxygens (including phenoxy) is 3. The average Bonchev–Trinajstić information content (AvgIpc) is 2.87. The highest BCUT2D eigenvalue weighted by molar-refractivity contribution is 7.97. The summed E-state index contributed by atoms with van der Waals surface area (Å²) in [6.45, 7) is 10.2. The van der Waals surface area contributed by atoms with E-state index in [4.69, 9.17) is 14.2 Å². The lowest BCUT2D eigenvalue weighted by molar-refractivity contribution is -0.129. The minimum atomic E-state index is -0.565. The van der Waals surface area contributed by atoms with E-state index in [-0.39, 0.29) is 0 Å². The predicted octanol–water partition coefficient (Wildman–Crippen LogP) is 5.06. The van der Waals surface area contributed by atoms with E-state index in [9.17, 15) is 14.4 Å². The van der Waals surface area contributed by atoms with Crippen LogP contribution in [0.5, 0.6) is 17.2 Å². The van der Waals surface area contributed by atoms with Gasteiger partial charge in [0.15, 0.2) is 14.7 Å². The van der Waals surface area contributed by atoms with Gasteiger partial charge in [-0.15, -0.1) is 0 Å². The Bertz CT molecular complexity index is 1060. The van der Waals surface area contributed by atoms with Gasteiger partial charge in [-0.3, -0.25) is 0 Å². The fraction of sp³-hybridized carbons (Fsp3) is 0. The van der Waals surface area contributed by atoms with Gasteiger partial charge in [-0.05, 0) is 72.8 Å². The van der Waals surface area contributed by atoms with Crippen LogP contribution >= 0.6 is 0 Å². The van der Waals surface area contributed by atoms with Gasteiger partial charge in [0.25, 0.3) is 0 Å². The Morgan fingerprint density at radius 1 is 0.500 bits per heavy atom. The van der Waals surface area contributed by atoms with E-state index in [1.165, 1.54) is 0 Å². The normalized spacial score (nSPS) is 10.1. The number of carbonyl (C=O) groups is 3. The number of carbonyl (C=O) groups excluding carboxylic acids is 3. The second kappa shape index (κ2) is 11.5. The standard InChI is InChI=1S/C27H21O6S/c1-4-25(28)31-19-7-13-22(14-8-19)34(23-15-9-20(10-16-23)32-26(29)5-2)24-17-11-21(12-18-24)33-27(30)6-3/h4-18H,1-3H2/q+1. The third-order valence-electron chi connectivity index (χ3n) is 4.33. The summed E-state index contributed by atoms with van der Waals surface area (Å²) < 4.78 is 15.5. The third kappa shape index (κ3) is 6.34. The van der Waals surface area contributed by atoms with Gasteiger partial charge in [0, 0.05) is 18.2 Å². The average molecular weight is 474 g/mol. The van der Waals surface area contributed by atoms with Crippen molar-refractivity contribution >= 4 is 28.8 Å². The van der Waals surface area contributed by atoms with E-state index in [2.05, 4.69) is 19.7 Å². The largest absolute Gasteiger partial charge is 0.423 e. The Hall–Kier alpha value is -4.36. The van der Waals surface area contributed by atoms with Crippen molar-refractivity contribution in [3.63, 3.8) is 0 Å². The summed E-state index contributed by atoms with van der Waals surface area (Å²) in [5, 5.41) is 0. The Labute approximate surface area is 200 Å². The smallest absolute Gasteiger partial charge is 0.335 e. The molecule has 0 amide bonds. The fourth-order valence-electron chi connectivity index (χ4n) is 2.81. The van der Waals surface area contributed by atoms with Crippen molar-refractivity contribution in [1.29, 1.82) is 0 Å². The van der Waals surface area contributed by atoms with Crippen molar-refractivity contribution in [2.75, 3.05) is 0 Å². The number of rotatable bonds is 9. The lowest BCUT2D eigenvalue weighted by atomic mass is 10.3. The van der Waals surface area contributed by atoms with Crippen LogP contribution in [-0.2, 0) is 25.3 Å². The predicted molar refractivity (Wildman–Crippen MR) is 129 cm³/mol. The zero-order chi connectivity index (χ0) is 24.5. The molecule has 0 spiro atoms. The SMILES string of the molecule is C=CC(=O)Oc1ccc([S+](c2ccc(OC(=O)C=C)cc2)c2ccc(OC(=O)C=C)cc2)cc1. The first-order valence-corrected chi connectivity index (χ1v) is 11.2. The molecule has 0 aromatic heterocycles. The lowest BCUT2D eigenvalue weighted by Crippen LogP contribution is -2.07. The molecule has 0 saturated heterocycles. The maximum Gasteiger partial charge on any atom is 0.335 e. The highest BCUT2D eigenvalue weighted by Gasteiger charge is 2.29. The number of hydrogen-bond donors (Lipinski definition) is 0. The summed E-state index contributed by atoms with van der Waals surface area (Å²) in [7, 11) is -0.565. The molecule has 0 heterocycles. The second-order valence-electron chi connectivity index (χ2n) is 6.60. The Morgan fingerprint density at radius 3 is 0.941 bits per heavy atom. The molecule has 0 bridgehead atoms. The van der Waals surface area contributed by atoms with Gasteiger partial charge in [0.1, 0.15) is 17.2 Å². The summed E-state index contributed by atoms with van der Waals surface area (Å²) >= 11 is 0. The van der Waals surface area contributed by atoms with E-state index >= 15 is 0 Å². The Morgan fingerprint density at radius 2 is 0.735 bits per heavy atom. The van der Waals surface area contributed by atoms with Crippen LogP contribution in [0.25, 0.3) is 0 Å².